The molecule has 0 spiro atoms. The third-order valence-electron chi connectivity index (χ3n) is 3.21. The summed E-state index contributed by atoms with van der Waals surface area (Å²) in [5.74, 6) is -1.52. The summed E-state index contributed by atoms with van der Waals surface area (Å²) >= 11 is 0. The molecule has 0 bridgehead atoms. The number of carbonyl (C=O) groups is 2. The van der Waals surface area contributed by atoms with Crippen molar-refractivity contribution in [1.82, 2.24) is 0 Å². The second-order valence-corrected chi connectivity index (χ2v) is 4.67. The molecule has 0 atom stereocenters. The number of oxime groups is 1. The van der Waals surface area contributed by atoms with E-state index in [1.807, 2.05) is 30.3 Å². The monoisotopic (exact) mass is 293 g/mol. The van der Waals surface area contributed by atoms with Crippen LogP contribution in [0.2, 0.25) is 0 Å². The molecule has 0 radical (unpaired) electrons. The fourth-order valence-electron chi connectivity index (χ4n) is 2.10. The Hall–Kier alpha value is -3.21. The number of carboxylic acids is 1. The maximum absolute atomic E-state index is 11.8. The van der Waals surface area contributed by atoms with Crippen LogP contribution in [0.25, 0.3) is 6.08 Å². The van der Waals surface area contributed by atoms with Crippen molar-refractivity contribution in [2.75, 3.05) is 0 Å². The summed E-state index contributed by atoms with van der Waals surface area (Å²) in [5, 5.41) is 12.7. The first-order valence-electron chi connectivity index (χ1n) is 6.55. The molecule has 3 rings (SSSR count). The van der Waals surface area contributed by atoms with Gasteiger partial charge in [-0.1, -0.05) is 47.6 Å². The Morgan fingerprint density at radius 1 is 1.05 bits per heavy atom. The zero-order valence-corrected chi connectivity index (χ0v) is 11.4. The first-order valence-corrected chi connectivity index (χ1v) is 6.55. The third kappa shape index (κ3) is 2.64. The van der Waals surface area contributed by atoms with Crippen LogP contribution in [0.15, 0.2) is 65.3 Å². The maximum atomic E-state index is 11.8. The number of rotatable bonds is 3. The highest BCUT2D eigenvalue weighted by atomic mass is 16.7. The van der Waals surface area contributed by atoms with Crippen molar-refractivity contribution < 1.29 is 19.5 Å². The van der Waals surface area contributed by atoms with E-state index in [4.69, 9.17) is 9.94 Å². The van der Waals surface area contributed by atoms with Gasteiger partial charge in [0.05, 0.1) is 11.1 Å². The summed E-state index contributed by atoms with van der Waals surface area (Å²) in [6.07, 6.45) is 1.63. The van der Waals surface area contributed by atoms with Crippen LogP contribution in [0.5, 0.6) is 0 Å². The van der Waals surface area contributed by atoms with Gasteiger partial charge in [-0.25, -0.2) is 9.59 Å². The van der Waals surface area contributed by atoms with Gasteiger partial charge in [-0.3, -0.25) is 0 Å². The number of carboxylic acid groups (broad SMARTS) is 1. The van der Waals surface area contributed by atoms with Gasteiger partial charge in [0.15, 0.2) is 0 Å². The number of nitrogens with zero attached hydrogens (tertiary/aromatic N) is 1. The molecule has 1 aliphatic rings. The van der Waals surface area contributed by atoms with Crippen molar-refractivity contribution in [3.8, 4) is 0 Å². The summed E-state index contributed by atoms with van der Waals surface area (Å²) in [6, 6.07) is 15.5. The molecule has 0 fully saturated rings. The number of aromatic carboxylic acids is 1. The summed E-state index contributed by atoms with van der Waals surface area (Å²) < 4.78 is 0. The van der Waals surface area contributed by atoms with Crippen molar-refractivity contribution in [3.63, 3.8) is 0 Å². The number of benzene rings is 2. The molecule has 0 saturated carbocycles. The van der Waals surface area contributed by atoms with E-state index in [0.717, 1.165) is 5.56 Å². The molecule has 22 heavy (non-hydrogen) atoms. The molecule has 5 heteroatoms. The van der Waals surface area contributed by atoms with Gasteiger partial charge in [-0.2, -0.15) is 0 Å². The highest BCUT2D eigenvalue weighted by Crippen LogP contribution is 2.20. The SMILES string of the molecule is O=C1ON=C(c2ccccc2)/C1=C/c1ccc(C(=O)O)cc1. The minimum atomic E-state index is -0.994. The summed E-state index contributed by atoms with van der Waals surface area (Å²) in [7, 11) is 0. The van der Waals surface area contributed by atoms with Crippen molar-refractivity contribution >= 4 is 23.7 Å². The lowest BCUT2D eigenvalue weighted by Gasteiger charge is -2.01. The van der Waals surface area contributed by atoms with E-state index < -0.39 is 11.9 Å². The van der Waals surface area contributed by atoms with Crippen molar-refractivity contribution in [1.29, 1.82) is 0 Å². The fourth-order valence-corrected chi connectivity index (χ4v) is 2.10. The van der Waals surface area contributed by atoms with Gasteiger partial charge in [-0.05, 0) is 23.8 Å². The lowest BCUT2D eigenvalue weighted by atomic mass is 10.0. The predicted molar refractivity (Wildman–Crippen MR) is 80.4 cm³/mol. The maximum Gasteiger partial charge on any atom is 0.368 e. The van der Waals surface area contributed by atoms with Gasteiger partial charge >= 0.3 is 11.9 Å². The normalized spacial score (nSPS) is 15.5. The number of carbonyl (C=O) groups excluding carboxylic acids is 1. The Labute approximate surface area is 126 Å². The molecule has 1 N–H and O–H groups in total. The Bertz CT molecular complexity index is 789. The second-order valence-electron chi connectivity index (χ2n) is 4.67. The minimum Gasteiger partial charge on any atom is -0.478 e. The molecule has 2 aromatic carbocycles. The van der Waals surface area contributed by atoms with Gasteiger partial charge in [0.2, 0.25) is 0 Å². The van der Waals surface area contributed by atoms with Gasteiger partial charge in [0.25, 0.3) is 0 Å². The first kappa shape index (κ1) is 13.8. The zero-order valence-electron chi connectivity index (χ0n) is 11.4. The zero-order chi connectivity index (χ0) is 15.5. The number of hydrogen-bond acceptors (Lipinski definition) is 4. The molecule has 0 aromatic heterocycles. The van der Waals surface area contributed by atoms with Crippen LogP contribution in [0.1, 0.15) is 21.5 Å². The first-order chi connectivity index (χ1) is 10.6. The van der Waals surface area contributed by atoms with Gasteiger partial charge in [0, 0.05) is 5.56 Å². The van der Waals surface area contributed by atoms with E-state index in [2.05, 4.69) is 5.16 Å². The average Bonchev–Trinajstić information content (AvgIpc) is 2.90. The molecular formula is C17H11NO4. The molecular weight excluding hydrogens is 282 g/mol. The quantitative estimate of drug-likeness (QED) is 0.697. The lowest BCUT2D eigenvalue weighted by Crippen LogP contribution is -2.06. The van der Waals surface area contributed by atoms with E-state index in [1.54, 1.807) is 18.2 Å². The Morgan fingerprint density at radius 3 is 2.36 bits per heavy atom. The van der Waals surface area contributed by atoms with Gasteiger partial charge in [0.1, 0.15) is 5.71 Å². The van der Waals surface area contributed by atoms with E-state index in [-0.39, 0.29) is 5.56 Å². The van der Waals surface area contributed by atoms with E-state index in [1.165, 1.54) is 12.1 Å². The van der Waals surface area contributed by atoms with Crippen molar-refractivity contribution in [3.05, 3.63) is 76.9 Å². The smallest absolute Gasteiger partial charge is 0.368 e. The van der Waals surface area contributed by atoms with Crippen LogP contribution in [-0.4, -0.2) is 22.8 Å². The molecule has 2 aromatic rings. The summed E-state index contributed by atoms with van der Waals surface area (Å²) in [6.45, 7) is 0. The number of hydrogen-bond donors (Lipinski definition) is 1. The van der Waals surface area contributed by atoms with E-state index in [9.17, 15) is 9.59 Å². The third-order valence-corrected chi connectivity index (χ3v) is 3.21. The van der Waals surface area contributed by atoms with Crippen LogP contribution in [0.3, 0.4) is 0 Å². The average molecular weight is 293 g/mol. The van der Waals surface area contributed by atoms with Crippen molar-refractivity contribution in [2.24, 2.45) is 5.16 Å². The largest absolute Gasteiger partial charge is 0.478 e. The molecule has 108 valence electrons. The molecule has 0 amide bonds. The summed E-state index contributed by atoms with van der Waals surface area (Å²) in [4.78, 5) is 27.4. The van der Waals surface area contributed by atoms with E-state index in [0.29, 0.717) is 16.8 Å². The topological polar surface area (TPSA) is 76.0 Å². The Kier molecular flexibility index (Phi) is 3.53. The van der Waals surface area contributed by atoms with Crippen LogP contribution >= 0.6 is 0 Å². The molecule has 1 aliphatic heterocycles. The minimum absolute atomic E-state index is 0.188. The molecule has 1 heterocycles. The van der Waals surface area contributed by atoms with Crippen molar-refractivity contribution in [2.45, 2.75) is 0 Å². The summed E-state index contributed by atoms with van der Waals surface area (Å²) in [5.41, 5.74) is 2.47. The molecule has 0 unspecified atom stereocenters. The van der Waals surface area contributed by atoms with Gasteiger partial charge in [-0.15, -0.1) is 0 Å². The second kappa shape index (κ2) is 5.65. The highest BCUT2D eigenvalue weighted by molar-refractivity contribution is 6.31. The standard InChI is InChI=1S/C17H11NO4/c19-16(20)13-8-6-11(7-9-13)10-14-15(18-22-17(14)21)12-4-2-1-3-5-12/h1-10H,(H,19,20)/b14-10-. The van der Waals surface area contributed by atoms with Crippen LogP contribution in [-0.2, 0) is 9.63 Å². The fraction of sp³-hybridized carbons (Fsp3) is 0. The van der Waals surface area contributed by atoms with Gasteiger partial charge < -0.3 is 9.94 Å². The molecule has 0 saturated heterocycles. The Morgan fingerprint density at radius 2 is 1.73 bits per heavy atom. The molecule has 5 nitrogen and oxygen atoms in total. The Balaban J connectivity index is 1.96. The predicted octanol–water partition coefficient (Wildman–Crippen LogP) is 2.73. The molecule has 0 aliphatic carbocycles. The lowest BCUT2D eigenvalue weighted by molar-refractivity contribution is -0.136. The highest BCUT2D eigenvalue weighted by Gasteiger charge is 2.26. The van der Waals surface area contributed by atoms with Crippen LogP contribution in [0, 0.1) is 0 Å². The van der Waals surface area contributed by atoms with E-state index >= 15 is 0 Å². The van der Waals surface area contributed by atoms with Crippen LogP contribution in [0.4, 0.5) is 0 Å². The van der Waals surface area contributed by atoms with Crippen LogP contribution < -0.4 is 0 Å².